The van der Waals surface area contributed by atoms with Gasteiger partial charge >= 0.3 is 5.97 Å². The molecule has 0 amide bonds. The average Bonchev–Trinajstić information content (AvgIpc) is 3.11. The van der Waals surface area contributed by atoms with Crippen LogP contribution in [-0.4, -0.2) is 93.9 Å². The summed E-state index contributed by atoms with van der Waals surface area (Å²) < 4.78 is 5.93. The molecule has 3 fully saturated rings. The number of fused-ring (bicyclic) bond motifs is 1. The van der Waals surface area contributed by atoms with Crippen LogP contribution in [-0.2, 0) is 9.53 Å². The first-order valence-corrected chi connectivity index (χ1v) is 9.67. The van der Waals surface area contributed by atoms with Crippen LogP contribution in [0.3, 0.4) is 0 Å². The number of aliphatic hydroxyl groups is 2. The van der Waals surface area contributed by atoms with Crippen molar-refractivity contribution in [3.8, 4) is 0 Å². The molecule has 3 saturated heterocycles. The fourth-order valence-electron chi connectivity index (χ4n) is 3.52. The molecule has 7 atom stereocenters. The van der Waals surface area contributed by atoms with Crippen molar-refractivity contribution < 1.29 is 24.9 Å². The summed E-state index contributed by atoms with van der Waals surface area (Å²) >= 11 is 1.53. The van der Waals surface area contributed by atoms with Crippen molar-refractivity contribution in [1.82, 2.24) is 20.9 Å². The molecule has 3 aliphatic heterocycles. The molecule has 0 aliphatic carbocycles. The highest BCUT2D eigenvalue weighted by molar-refractivity contribution is 7.99. The van der Waals surface area contributed by atoms with Gasteiger partial charge in [0.05, 0.1) is 31.1 Å². The Morgan fingerprint density at radius 2 is 2.08 bits per heavy atom. The minimum atomic E-state index is -1.00. The Hall–Kier alpha value is -0.500. The fourth-order valence-corrected chi connectivity index (χ4v) is 4.54. The third-order valence-electron chi connectivity index (χ3n) is 4.87. The van der Waals surface area contributed by atoms with E-state index in [1.165, 1.54) is 11.8 Å². The van der Waals surface area contributed by atoms with E-state index in [-0.39, 0.29) is 24.8 Å². The van der Waals surface area contributed by atoms with Gasteiger partial charge in [-0.25, -0.2) is 4.90 Å². The number of hydrogen-bond donors (Lipinski definition) is 7. The van der Waals surface area contributed by atoms with Crippen LogP contribution in [0.4, 0.5) is 0 Å². The van der Waals surface area contributed by atoms with Gasteiger partial charge in [0.1, 0.15) is 18.4 Å². The summed E-state index contributed by atoms with van der Waals surface area (Å²) in [7, 11) is 0. The van der Waals surface area contributed by atoms with Crippen molar-refractivity contribution in [2.75, 3.05) is 24.8 Å². The number of carbonyl (C=O) groups is 1. The number of nitrogens with one attached hydrogen (secondary N) is 3. The summed E-state index contributed by atoms with van der Waals surface area (Å²) in [6.45, 7) is 1.07. The molecule has 3 aliphatic rings. The van der Waals surface area contributed by atoms with Gasteiger partial charge in [-0.3, -0.25) is 20.7 Å². The van der Waals surface area contributed by atoms with E-state index in [0.717, 1.165) is 0 Å². The number of aliphatic carboxylic acids is 1. The molecule has 0 radical (unpaired) electrons. The van der Waals surface area contributed by atoms with Crippen LogP contribution >= 0.6 is 11.8 Å². The minimum absolute atomic E-state index is 0.00821. The first-order chi connectivity index (χ1) is 12.0. The molecule has 0 aromatic rings. The number of ether oxygens (including phenoxy) is 1. The lowest BCUT2D eigenvalue weighted by atomic mass is 10.1. The van der Waals surface area contributed by atoms with E-state index in [9.17, 15) is 15.0 Å². The number of rotatable bonds is 7. The zero-order valence-corrected chi connectivity index (χ0v) is 14.7. The molecule has 3 heterocycles. The minimum Gasteiger partial charge on any atom is -0.481 e. The zero-order chi connectivity index (χ0) is 18.0. The molecule has 0 saturated carbocycles. The lowest BCUT2D eigenvalue weighted by Gasteiger charge is -2.38. The molecule has 3 unspecified atom stereocenters. The van der Waals surface area contributed by atoms with E-state index in [1.807, 2.05) is 4.90 Å². The van der Waals surface area contributed by atoms with E-state index < -0.39 is 30.5 Å². The monoisotopic (exact) mass is 377 g/mol. The maximum absolute atomic E-state index is 10.5. The summed E-state index contributed by atoms with van der Waals surface area (Å²) in [5.41, 5.74) is 6.05. The number of hydrogen-bond acceptors (Lipinski definition) is 10. The van der Waals surface area contributed by atoms with E-state index >= 15 is 0 Å². The third kappa shape index (κ3) is 4.26. The van der Waals surface area contributed by atoms with Gasteiger partial charge < -0.3 is 25.8 Å². The molecule has 11 heteroatoms. The molecule has 3 rings (SSSR count). The standard InChI is InChI=1S/C14H27N5O5S/c15-12-9-13(17-5-16-12)19(6-18-9)14-11(23)10(22)7(24-14)4-25-3-1-2-8(20)21/h7,9-14,16-18,22-23H,1-6,15H2,(H,20,21)/t7-,9?,10-,11-,12?,13?,14-/m1/s1. The van der Waals surface area contributed by atoms with Gasteiger partial charge in [0.25, 0.3) is 0 Å². The maximum Gasteiger partial charge on any atom is 0.303 e. The Bertz CT molecular complexity index is 475. The third-order valence-corrected chi connectivity index (χ3v) is 6.01. The van der Waals surface area contributed by atoms with Crippen LogP contribution in [0, 0.1) is 0 Å². The molecule has 8 N–H and O–H groups in total. The molecular weight excluding hydrogens is 350 g/mol. The summed E-state index contributed by atoms with van der Waals surface area (Å²) in [5, 5.41) is 39.1. The van der Waals surface area contributed by atoms with Crippen molar-refractivity contribution in [3.05, 3.63) is 0 Å². The van der Waals surface area contributed by atoms with Crippen LogP contribution < -0.4 is 21.7 Å². The molecule has 25 heavy (non-hydrogen) atoms. The Balaban J connectivity index is 1.51. The first kappa shape index (κ1) is 19.3. The summed E-state index contributed by atoms with van der Waals surface area (Å²) in [5.74, 6) is 0.382. The zero-order valence-electron chi connectivity index (χ0n) is 13.9. The van der Waals surface area contributed by atoms with E-state index in [0.29, 0.717) is 31.3 Å². The van der Waals surface area contributed by atoms with Gasteiger partial charge in [0, 0.05) is 18.8 Å². The molecule has 0 aromatic heterocycles. The van der Waals surface area contributed by atoms with Gasteiger partial charge in [-0.05, 0) is 12.2 Å². The first-order valence-electron chi connectivity index (χ1n) is 8.51. The van der Waals surface area contributed by atoms with Crippen molar-refractivity contribution in [1.29, 1.82) is 0 Å². The van der Waals surface area contributed by atoms with Gasteiger partial charge in [0.15, 0.2) is 0 Å². The largest absolute Gasteiger partial charge is 0.481 e. The normalized spacial score (nSPS) is 41.8. The second-order valence-corrected chi connectivity index (χ2v) is 7.73. The quantitative estimate of drug-likeness (QED) is 0.228. The lowest BCUT2D eigenvalue weighted by molar-refractivity contribution is -0.137. The number of carboxylic acid groups (broad SMARTS) is 1. The van der Waals surface area contributed by atoms with Gasteiger partial charge in [0.2, 0.25) is 0 Å². The summed E-state index contributed by atoms with van der Waals surface area (Å²) in [4.78, 5) is 12.5. The van der Waals surface area contributed by atoms with Crippen molar-refractivity contribution in [2.45, 2.75) is 55.8 Å². The highest BCUT2D eigenvalue weighted by Gasteiger charge is 2.51. The predicted molar refractivity (Wildman–Crippen MR) is 91.4 cm³/mol. The SMILES string of the molecule is NC1NCNC2C1NCN2[C@@H]1O[C@H](CSCCCC(=O)O)[C@@H](O)[C@H]1O. The van der Waals surface area contributed by atoms with Crippen LogP contribution in [0.25, 0.3) is 0 Å². The van der Waals surface area contributed by atoms with Gasteiger partial charge in [-0.1, -0.05) is 0 Å². The highest BCUT2D eigenvalue weighted by atomic mass is 32.2. The second kappa shape index (κ2) is 8.46. The van der Waals surface area contributed by atoms with Gasteiger partial charge in [-0.2, -0.15) is 11.8 Å². The Morgan fingerprint density at radius 3 is 2.84 bits per heavy atom. The average molecular weight is 377 g/mol. The van der Waals surface area contributed by atoms with Crippen LogP contribution in [0.2, 0.25) is 0 Å². The maximum atomic E-state index is 10.5. The van der Waals surface area contributed by atoms with Crippen LogP contribution in [0.15, 0.2) is 0 Å². The lowest BCUT2D eigenvalue weighted by Crippen LogP contribution is -2.68. The Morgan fingerprint density at radius 1 is 1.28 bits per heavy atom. The van der Waals surface area contributed by atoms with E-state index in [2.05, 4.69) is 16.0 Å². The second-order valence-electron chi connectivity index (χ2n) is 6.58. The number of thioether (sulfide) groups is 1. The molecule has 0 aromatic carbocycles. The van der Waals surface area contributed by atoms with Crippen molar-refractivity contribution in [2.24, 2.45) is 5.73 Å². The topological polar surface area (TPSA) is 152 Å². The van der Waals surface area contributed by atoms with Crippen molar-refractivity contribution >= 4 is 17.7 Å². The smallest absolute Gasteiger partial charge is 0.303 e. The number of nitrogens with zero attached hydrogens (tertiary/aromatic N) is 1. The van der Waals surface area contributed by atoms with Gasteiger partial charge in [-0.15, -0.1) is 0 Å². The Kier molecular flexibility index (Phi) is 6.52. The van der Waals surface area contributed by atoms with Crippen LogP contribution in [0.5, 0.6) is 0 Å². The molecule has 0 spiro atoms. The Labute approximate surface area is 150 Å². The number of aliphatic hydroxyl groups excluding tert-OH is 2. The van der Waals surface area contributed by atoms with E-state index in [4.69, 9.17) is 15.6 Å². The number of nitrogens with two attached hydrogens (primary N) is 1. The molecule has 0 bridgehead atoms. The highest BCUT2D eigenvalue weighted by Crippen LogP contribution is 2.30. The number of carboxylic acids is 1. The van der Waals surface area contributed by atoms with Crippen LogP contribution in [0.1, 0.15) is 12.8 Å². The van der Waals surface area contributed by atoms with Crippen molar-refractivity contribution in [3.63, 3.8) is 0 Å². The molecule has 144 valence electrons. The summed E-state index contributed by atoms with van der Waals surface area (Å²) in [6.07, 6.45) is -2.63. The molecular formula is C14H27N5O5S. The van der Waals surface area contributed by atoms with E-state index in [1.54, 1.807) is 0 Å². The summed E-state index contributed by atoms with van der Waals surface area (Å²) in [6, 6.07) is -0.00821. The predicted octanol–water partition coefficient (Wildman–Crippen LogP) is -2.98. The molecule has 10 nitrogen and oxygen atoms in total. The fraction of sp³-hybridized carbons (Fsp3) is 0.929.